The van der Waals surface area contributed by atoms with Crippen molar-refractivity contribution in [2.75, 3.05) is 13.1 Å². The highest BCUT2D eigenvalue weighted by atomic mass is 16.4. The Hall–Kier alpha value is -1.36. The smallest absolute Gasteiger partial charge is 0.310 e. The fraction of sp³-hybridized carbons (Fsp3) is 0.667. The van der Waals surface area contributed by atoms with Crippen LogP contribution in [0.3, 0.4) is 0 Å². The molecule has 0 bridgehead atoms. The predicted molar refractivity (Wildman–Crippen MR) is 64.5 cm³/mol. The van der Waals surface area contributed by atoms with Crippen molar-refractivity contribution >= 4 is 11.9 Å². The van der Waals surface area contributed by atoms with Gasteiger partial charge in [-0.3, -0.25) is 9.59 Å². The first-order valence-electron chi connectivity index (χ1n) is 5.96. The number of nitrogens with one attached hydrogen (secondary N) is 2. The summed E-state index contributed by atoms with van der Waals surface area (Å²) in [4.78, 5) is 22.5. The molecule has 1 aliphatic carbocycles. The number of carboxylic acid groups (broad SMARTS) is 1. The van der Waals surface area contributed by atoms with Crippen LogP contribution in [-0.4, -0.2) is 36.1 Å². The lowest BCUT2D eigenvalue weighted by Crippen LogP contribution is -2.40. The van der Waals surface area contributed by atoms with Crippen molar-refractivity contribution in [1.82, 2.24) is 10.6 Å². The number of amides is 1. The van der Waals surface area contributed by atoms with Gasteiger partial charge < -0.3 is 15.7 Å². The second kappa shape index (κ2) is 6.39. The van der Waals surface area contributed by atoms with Gasteiger partial charge in [-0.25, -0.2) is 0 Å². The predicted octanol–water partition coefficient (Wildman–Crippen LogP) is 0.377. The molecule has 0 aliphatic heterocycles. The molecular formula is C12H20N2O3. The van der Waals surface area contributed by atoms with Crippen LogP contribution >= 0.6 is 0 Å². The summed E-state index contributed by atoms with van der Waals surface area (Å²) >= 11 is 0. The van der Waals surface area contributed by atoms with E-state index in [2.05, 4.69) is 10.6 Å². The minimum Gasteiger partial charge on any atom is -0.481 e. The minimum atomic E-state index is -0.835. The number of hydrogen-bond donors (Lipinski definition) is 3. The lowest BCUT2D eigenvalue weighted by Gasteiger charge is -2.16. The fourth-order valence-electron chi connectivity index (χ4n) is 1.77. The molecule has 0 aromatic rings. The Morgan fingerprint density at radius 3 is 2.71 bits per heavy atom. The molecule has 0 aromatic carbocycles. The summed E-state index contributed by atoms with van der Waals surface area (Å²) in [6.45, 7) is 5.32. The van der Waals surface area contributed by atoms with Gasteiger partial charge >= 0.3 is 5.97 Å². The molecule has 1 amide bonds. The summed E-state index contributed by atoms with van der Waals surface area (Å²) < 4.78 is 0. The van der Waals surface area contributed by atoms with E-state index < -0.39 is 11.9 Å². The van der Waals surface area contributed by atoms with Crippen molar-refractivity contribution in [3.63, 3.8) is 0 Å². The molecule has 0 heterocycles. The van der Waals surface area contributed by atoms with E-state index in [4.69, 9.17) is 5.11 Å². The van der Waals surface area contributed by atoms with Gasteiger partial charge in [0.25, 0.3) is 0 Å². The Balaban J connectivity index is 2.33. The van der Waals surface area contributed by atoms with Crippen LogP contribution in [-0.2, 0) is 9.59 Å². The van der Waals surface area contributed by atoms with Crippen molar-refractivity contribution in [2.24, 2.45) is 11.8 Å². The van der Waals surface area contributed by atoms with Gasteiger partial charge in [-0.15, -0.1) is 0 Å². The van der Waals surface area contributed by atoms with Crippen LogP contribution in [0.15, 0.2) is 12.2 Å². The summed E-state index contributed by atoms with van der Waals surface area (Å²) in [6.07, 6.45) is 3.86. The molecule has 0 radical (unpaired) electrons. The van der Waals surface area contributed by atoms with Crippen LogP contribution in [0.5, 0.6) is 0 Å². The van der Waals surface area contributed by atoms with Gasteiger partial charge in [-0.2, -0.15) is 0 Å². The molecule has 1 aliphatic rings. The van der Waals surface area contributed by atoms with E-state index in [0.717, 1.165) is 6.54 Å². The Morgan fingerprint density at radius 2 is 2.18 bits per heavy atom. The molecule has 0 saturated heterocycles. The van der Waals surface area contributed by atoms with Crippen molar-refractivity contribution in [1.29, 1.82) is 0 Å². The molecule has 0 saturated carbocycles. The first-order valence-corrected chi connectivity index (χ1v) is 5.96. The standard InChI is InChI=1S/C12H20N2O3/c1-3-13-7-8(2)11(15)14-10-5-4-9(6-10)12(16)17/h4-5,8-10,13H,3,6-7H2,1-2H3,(H,14,15)(H,16,17). The largest absolute Gasteiger partial charge is 0.481 e. The third kappa shape index (κ3) is 4.19. The molecule has 3 unspecified atom stereocenters. The molecule has 17 heavy (non-hydrogen) atoms. The number of hydrogen-bond acceptors (Lipinski definition) is 3. The van der Waals surface area contributed by atoms with Gasteiger partial charge in [0.1, 0.15) is 0 Å². The monoisotopic (exact) mass is 240 g/mol. The van der Waals surface area contributed by atoms with Gasteiger partial charge in [0, 0.05) is 18.5 Å². The van der Waals surface area contributed by atoms with Gasteiger partial charge in [-0.05, 0) is 13.0 Å². The quantitative estimate of drug-likeness (QED) is 0.586. The summed E-state index contributed by atoms with van der Waals surface area (Å²) in [6, 6.07) is -0.146. The van der Waals surface area contributed by atoms with E-state index in [0.29, 0.717) is 13.0 Å². The molecule has 3 N–H and O–H groups in total. The van der Waals surface area contributed by atoms with Crippen LogP contribution in [0.25, 0.3) is 0 Å². The van der Waals surface area contributed by atoms with Crippen molar-refractivity contribution in [2.45, 2.75) is 26.3 Å². The normalized spacial score (nSPS) is 24.6. The maximum Gasteiger partial charge on any atom is 0.310 e. The number of aliphatic carboxylic acids is 1. The highest BCUT2D eigenvalue weighted by Gasteiger charge is 2.26. The molecule has 0 fully saturated rings. The number of carbonyl (C=O) groups is 2. The molecule has 0 spiro atoms. The topological polar surface area (TPSA) is 78.4 Å². The minimum absolute atomic E-state index is 0.0355. The van der Waals surface area contributed by atoms with Crippen LogP contribution < -0.4 is 10.6 Å². The number of carboxylic acids is 1. The van der Waals surface area contributed by atoms with Crippen LogP contribution in [0.2, 0.25) is 0 Å². The van der Waals surface area contributed by atoms with Gasteiger partial charge in [0.05, 0.1) is 5.92 Å². The van der Waals surface area contributed by atoms with Gasteiger partial charge in [-0.1, -0.05) is 26.0 Å². The molecule has 5 nitrogen and oxygen atoms in total. The van der Waals surface area contributed by atoms with E-state index in [1.54, 1.807) is 12.2 Å². The zero-order valence-electron chi connectivity index (χ0n) is 10.3. The Bertz CT molecular complexity index is 315. The van der Waals surface area contributed by atoms with E-state index >= 15 is 0 Å². The number of rotatable bonds is 6. The fourth-order valence-corrected chi connectivity index (χ4v) is 1.77. The van der Waals surface area contributed by atoms with Crippen molar-refractivity contribution in [3.05, 3.63) is 12.2 Å². The highest BCUT2D eigenvalue weighted by molar-refractivity contribution is 5.79. The average molecular weight is 240 g/mol. The van der Waals surface area contributed by atoms with Gasteiger partial charge in [0.2, 0.25) is 5.91 Å². The summed E-state index contributed by atoms with van der Waals surface area (Å²) in [5.74, 6) is -1.44. The lowest BCUT2D eigenvalue weighted by molar-refractivity contribution is -0.140. The van der Waals surface area contributed by atoms with E-state index in [-0.39, 0.29) is 17.9 Å². The lowest BCUT2D eigenvalue weighted by atomic mass is 10.1. The van der Waals surface area contributed by atoms with Crippen LogP contribution in [0.4, 0.5) is 0 Å². The van der Waals surface area contributed by atoms with Gasteiger partial charge in [0.15, 0.2) is 0 Å². The third-order valence-electron chi connectivity index (χ3n) is 2.88. The maximum absolute atomic E-state index is 11.7. The van der Waals surface area contributed by atoms with Crippen LogP contribution in [0.1, 0.15) is 20.3 Å². The number of carbonyl (C=O) groups excluding carboxylic acids is 1. The summed E-state index contributed by atoms with van der Waals surface area (Å²) in [5, 5.41) is 14.8. The Labute approximate surface area is 101 Å². The second-order valence-electron chi connectivity index (χ2n) is 4.39. The summed E-state index contributed by atoms with van der Waals surface area (Å²) in [5.41, 5.74) is 0. The van der Waals surface area contributed by atoms with Crippen molar-refractivity contribution < 1.29 is 14.7 Å². The first kappa shape index (κ1) is 13.7. The zero-order chi connectivity index (χ0) is 12.8. The van der Waals surface area contributed by atoms with Crippen molar-refractivity contribution in [3.8, 4) is 0 Å². The van der Waals surface area contributed by atoms with E-state index in [1.807, 2.05) is 13.8 Å². The average Bonchev–Trinajstić information content (AvgIpc) is 2.74. The molecule has 3 atom stereocenters. The molecular weight excluding hydrogens is 220 g/mol. The molecule has 5 heteroatoms. The van der Waals surface area contributed by atoms with E-state index in [1.165, 1.54) is 0 Å². The van der Waals surface area contributed by atoms with E-state index in [9.17, 15) is 9.59 Å². The third-order valence-corrected chi connectivity index (χ3v) is 2.88. The highest BCUT2D eigenvalue weighted by Crippen LogP contribution is 2.18. The SMILES string of the molecule is CCNCC(C)C(=O)NC1C=CC(C(=O)O)C1. The Kier molecular flexibility index (Phi) is 5.15. The summed E-state index contributed by atoms with van der Waals surface area (Å²) in [7, 11) is 0. The zero-order valence-corrected chi connectivity index (χ0v) is 10.3. The maximum atomic E-state index is 11.7. The molecule has 96 valence electrons. The first-order chi connectivity index (χ1) is 8.04. The second-order valence-corrected chi connectivity index (χ2v) is 4.39. The Morgan fingerprint density at radius 1 is 1.47 bits per heavy atom. The molecule has 0 aromatic heterocycles. The van der Waals surface area contributed by atoms with Crippen LogP contribution in [0, 0.1) is 11.8 Å². The molecule has 1 rings (SSSR count).